The van der Waals surface area contributed by atoms with Gasteiger partial charge in [-0.3, -0.25) is 9.89 Å². The summed E-state index contributed by atoms with van der Waals surface area (Å²) in [5.41, 5.74) is 8.63. The van der Waals surface area contributed by atoms with Crippen LogP contribution >= 0.6 is 0 Å². The molecule has 1 fully saturated rings. The largest absolute Gasteiger partial charge is 0.341 e. The molecule has 0 bridgehead atoms. The van der Waals surface area contributed by atoms with Crippen molar-refractivity contribution in [1.29, 1.82) is 0 Å². The standard InChI is InChI=1S/C17H26N6O2/c1-9(2)15-19-16(25-22-15)12-5-7-23(8-6-12)17(24)14(18)13-10(3)20-21-11(13)4/h9,12,14H,5-8,18H2,1-4H3,(H,20,21)/t14-/m0/s1. The Morgan fingerprint density at radius 1 is 1.32 bits per heavy atom. The second kappa shape index (κ2) is 6.95. The van der Waals surface area contributed by atoms with Crippen LogP contribution in [0.15, 0.2) is 4.52 Å². The Labute approximate surface area is 147 Å². The average molecular weight is 346 g/mol. The number of nitrogens with zero attached hydrogens (tertiary/aromatic N) is 4. The van der Waals surface area contributed by atoms with E-state index in [9.17, 15) is 4.79 Å². The Balaban J connectivity index is 1.62. The number of amides is 1. The zero-order chi connectivity index (χ0) is 18.1. The predicted octanol–water partition coefficient (Wildman–Crippen LogP) is 1.94. The first-order chi connectivity index (χ1) is 11.9. The lowest BCUT2D eigenvalue weighted by Gasteiger charge is -2.32. The van der Waals surface area contributed by atoms with Crippen LogP contribution in [0.3, 0.4) is 0 Å². The van der Waals surface area contributed by atoms with E-state index in [0.29, 0.717) is 19.0 Å². The molecule has 1 saturated heterocycles. The van der Waals surface area contributed by atoms with Gasteiger partial charge in [0.1, 0.15) is 6.04 Å². The summed E-state index contributed by atoms with van der Waals surface area (Å²) in [6, 6.07) is -0.675. The highest BCUT2D eigenvalue weighted by atomic mass is 16.5. The van der Waals surface area contributed by atoms with Crippen LogP contribution in [0, 0.1) is 13.8 Å². The summed E-state index contributed by atoms with van der Waals surface area (Å²) in [5.74, 6) is 1.82. The zero-order valence-corrected chi connectivity index (χ0v) is 15.2. The minimum atomic E-state index is -0.675. The summed E-state index contributed by atoms with van der Waals surface area (Å²) in [7, 11) is 0. The summed E-state index contributed by atoms with van der Waals surface area (Å²) < 4.78 is 5.40. The van der Waals surface area contributed by atoms with E-state index in [1.165, 1.54) is 0 Å². The Kier molecular flexibility index (Phi) is 4.89. The van der Waals surface area contributed by atoms with E-state index in [2.05, 4.69) is 20.3 Å². The predicted molar refractivity (Wildman–Crippen MR) is 91.9 cm³/mol. The van der Waals surface area contributed by atoms with E-state index in [0.717, 1.165) is 35.6 Å². The SMILES string of the molecule is Cc1n[nH]c(C)c1[C@H](N)C(=O)N1CCC(c2nc(C(C)C)no2)CC1. The fourth-order valence-corrected chi connectivity index (χ4v) is 3.33. The van der Waals surface area contributed by atoms with Gasteiger partial charge in [-0.05, 0) is 26.7 Å². The van der Waals surface area contributed by atoms with Crippen LogP contribution in [0.25, 0.3) is 0 Å². The minimum Gasteiger partial charge on any atom is -0.341 e. The number of rotatable bonds is 4. The number of carbonyl (C=O) groups is 1. The van der Waals surface area contributed by atoms with Gasteiger partial charge in [-0.15, -0.1) is 0 Å². The fraction of sp³-hybridized carbons (Fsp3) is 0.647. The number of nitrogens with two attached hydrogens (primary N) is 1. The van der Waals surface area contributed by atoms with Gasteiger partial charge in [0.2, 0.25) is 11.8 Å². The molecule has 8 nitrogen and oxygen atoms in total. The third kappa shape index (κ3) is 3.44. The summed E-state index contributed by atoms with van der Waals surface area (Å²) >= 11 is 0. The molecule has 0 radical (unpaired) electrons. The highest BCUT2D eigenvalue weighted by molar-refractivity contribution is 5.83. The van der Waals surface area contributed by atoms with Gasteiger partial charge in [-0.25, -0.2) is 0 Å². The highest BCUT2D eigenvalue weighted by Gasteiger charge is 2.31. The molecule has 2 aromatic rings. The first-order valence-corrected chi connectivity index (χ1v) is 8.77. The second-order valence-corrected chi connectivity index (χ2v) is 7.07. The molecule has 1 aliphatic heterocycles. The molecule has 2 aromatic heterocycles. The Bertz CT molecular complexity index is 723. The number of carbonyl (C=O) groups excluding carboxylic acids is 1. The van der Waals surface area contributed by atoms with Gasteiger partial charge in [-0.1, -0.05) is 19.0 Å². The van der Waals surface area contributed by atoms with E-state index in [-0.39, 0.29) is 17.7 Å². The number of nitrogens with one attached hydrogen (secondary N) is 1. The average Bonchev–Trinajstić information content (AvgIpc) is 3.21. The molecule has 0 unspecified atom stereocenters. The smallest absolute Gasteiger partial charge is 0.244 e. The van der Waals surface area contributed by atoms with Gasteiger partial charge in [0.15, 0.2) is 5.82 Å². The van der Waals surface area contributed by atoms with Crippen molar-refractivity contribution in [3.8, 4) is 0 Å². The molecule has 25 heavy (non-hydrogen) atoms. The lowest BCUT2D eigenvalue weighted by molar-refractivity contribution is -0.133. The first-order valence-electron chi connectivity index (χ1n) is 8.77. The summed E-state index contributed by atoms with van der Waals surface area (Å²) in [4.78, 5) is 19.1. The third-order valence-corrected chi connectivity index (χ3v) is 4.89. The lowest BCUT2D eigenvalue weighted by Crippen LogP contribution is -2.43. The third-order valence-electron chi connectivity index (χ3n) is 4.89. The van der Waals surface area contributed by atoms with E-state index >= 15 is 0 Å². The van der Waals surface area contributed by atoms with Crippen LogP contribution < -0.4 is 5.73 Å². The topological polar surface area (TPSA) is 114 Å². The van der Waals surface area contributed by atoms with Crippen molar-refractivity contribution < 1.29 is 9.32 Å². The van der Waals surface area contributed by atoms with Gasteiger partial charge in [0, 0.05) is 36.2 Å². The van der Waals surface area contributed by atoms with Crippen molar-refractivity contribution in [2.75, 3.05) is 13.1 Å². The number of aryl methyl sites for hydroxylation is 2. The molecule has 3 heterocycles. The van der Waals surface area contributed by atoms with E-state index < -0.39 is 6.04 Å². The van der Waals surface area contributed by atoms with Crippen molar-refractivity contribution >= 4 is 5.91 Å². The first kappa shape index (κ1) is 17.6. The molecule has 0 saturated carbocycles. The number of hydrogen-bond donors (Lipinski definition) is 2. The van der Waals surface area contributed by atoms with Gasteiger partial charge < -0.3 is 15.2 Å². The number of H-pyrrole nitrogens is 1. The maximum Gasteiger partial charge on any atom is 0.244 e. The van der Waals surface area contributed by atoms with Gasteiger partial charge >= 0.3 is 0 Å². The lowest BCUT2D eigenvalue weighted by atomic mass is 9.95. The number of aromatic nitrogens is 4. The molecule has 3 rings (SSSR count). The Hall–Kier alpha value is -2.22. The van der Waals surface area contributed by atoms with Crippen molar-refractivity contribution in [3.63, 3.8) is 0 Å². The monoisotopic (exact) mass is 346 g/mol. The maximum absolute atomic E-state index is 12.7. The quantitative estimate of drug-likeness (QED) is 0.874. The van der Waals surface area contributed by atoms with Crippen molar-refractivity contribution in [2.45, 2.75) is 58.4 Å². The molecule has 0 aliphatic carbocycles. The van der Waals surface area contributed by atoms with Gasteiger partial charge in [0.25, 0.3) is 0 Å². The van der Waals surface area contributed by atoms with Crippen LogP contribution in [-0.2, 0) is 4.79 Å². The van der Waals surface area contributed by atoms with Gasteiger partial charge in [0.05, 0.1) is 5.69 Å². The van der Waals surface area contributed by atoms with Crippen LogP contribution in [0.5, 0.6) is 0 Å². The van der Waals surface area contributed by atoms with E-state index in [4.69, 9.17) is 10.3 Å². The molecule has 1 aliphatic rings. The van der Waals surface area contributed by atoms with Crippen LogP contribution in [0.4, 0.5) is 0 Å². The summed E-state index contributed by atoms with van der Waals surface area (Å²) in [6.07, 6.45) is 1.61. The van der Waals surface area contributed by atoms with Gasteiger partial charge in [-0.2, -0.15) is 10.1 Å². The van der Waals surface area contributed by atoms with E-state index in [1.807, 2.05) is 32.6 Å². The summed E-state index contributed by atoms with van der Waals surface area (Å²) in [5, 5.41) is 11.0. The normalized spacial score (nSPS) is 17.3. The number of aromatic amines is 1. The van der Waals surface area contributed by atoms with Crippen LogP contribution in [0.1, 0.15) is 73.2 Å². The molecule has 3 N–H and O–H groups in total. The molecule has 136 valence electrons. The molecular formula is C17H26N6O2. The molecule has 1 amide bonds. The van der Waals surface area contributed by atoms with Crippen molar-refractivity contribution in [2.24, 2.45) is 5.73 Å². The van der Waals surface area contributed by atoms with E-state index in [1.54, 1.807) is 0 Å². The molecule has 0 spiro atoms. The Morgan fingerprint density at radius 3 is 2.52 bits per heavy atom. The fourth-order valence-electron chi connectivity index (χ4n) is 3.33. The summed E-state index contributed by atoms with van der Waals surface area (Å²) in [6.45, 7) is 9.12. The molecular weight excluding hydrogens is 320 g/mol. The molecule has 1 atom stereocenters. The number of hydrogen-bond acceptors (Lipinski definition) is 6. The number of likely N-dealkylation sites (tertiary alicyclic amines) is 1. The highest BCUT2D eigenvalue weighted by Crippen LogP contribution is 2.29. The molecule has 8 heteroatoms. The Morgan fingerprint density at radius 2 is 2.00 bits per heavy atom. The molecule has 0 aromatic carbocycles. The number of piperidine rings is 1. The minimum absolute atomic E-state index is 0.0561. The maximum atomic E-state index is 12.7. The van der Waals surface area contributed by atoms with Crippen molar-refractivity contribution in [3.05, 3.63) is 28.7 Å². The van der Waals surface area contributed by atoms with Crippen LogP contribution in [0.2, 0.25) is 0 Å². The second-order valence-electron chi connectivity index (χ2n) is 7.07. The van der Waals surface area contributed by atoms with Crippen molar-refractivity contribution in [1.82, 2.24) is 25.2 Å². The van der Waals surface area contributed by atoms with Crippen LogP contribution in [-0.4, -0.2) is 44.2 Å². The zero-order valence-electron chi connectivity index (χ0n) is 15.2.